The van der Waals surface area contributed by atoms with Gasteiger partial charge in [0.1, 0.15) is 0 Å². The summed E-state index contributed by atoms with van der Waals surface area (Å²) in [5.74, 6) is 1.20. The molecule has 0 unspecified atom stereocenters. The maximum atomic E-state index is 5.56. The minimum atomic E-state index is 0.340. The predicted octanol–water partition coefficient (Wildman–Crippen LogP) is 0.951. The van der Waals surface area contributed by atoms with Crippen LogP contribution in [0.4, 0.5) is 11.9 Å². The van der Waals surface area contributed by atoms with Crippen LogP contribution >= 0.6 is 0 Å². The van der Waals surface area contributed by atoms with Gasteiger partial charge in [0.15, 0.2) is 0 Å². The molecule has 0 radical (unpaired) electrons. The SMILES string of the molecule is CCCN1CC(C)=Cn2nc(N)nc21. The molecule has 76 valence electrons. The topological polar surface area (TPSA) is 60.0 Å². The summed E-state index contributed by atoms with van der Waals surface area (Å²) in [6.07, 6.45) is 3.07. The van der Waals surface area contributed by atoms with Gasteiger partial charge in [0, 0.05) is 19.3 Å². The van der Waals surface area contributed by atoms with E-state index in [9.17, 15) is 0 Å². The fourth-order valence-electron chi connectivity index (χ4n) is 1.70. The Hall–Kier alpha value is -1.52. The van der Waals surface area contributed by atoms with Crippen molar-refractivity contribution in [2.45, 2.75) is 20.3 Å². The van der Waals surface area contributed by atoms with Crippen molar-refractivity contribution in [2.24, 2.45) is 0 Å². The zero-order chi connectivity index (χ0) is 10.1. The largest absolute Gasteiger partial charge is 0.366 e. The number of nitrogens with zero attached hydrogens (tertiary/aromatic N) is 4. The summed E-state index contributed by atoms with van der Waals surface area (Å²) in [5, 5.41) is 4.10. The number of nitrogen functional groups attached to an aromatic ring is 1. The van der Waals surface area contributed by atoms with E-state index in [0.29, 0.717) is 5.95 Å². The highest BCUT2D eigenvalue weighted by Crippen LogP contribution is 2.20. The van der Waals surface area contributed by atoms with Crippen LogP contribution in [0.2, 0.25) is 0 Å². The Morgan fingerprint density at radius 1 is 1.57 bits per heavy atom. The quantitative estimate of drug-likeness (QED) is 0.759. The molecule has 2 heterocycles. The maximum Gasteiger partial charge on any atom is 0.241 e. The molecule has 1 aromatic rings. The van der Waals surface area contributed by atoms with Crippen molar-refractivity contribution in [1.82, 2.24) is 14.8 Å². The van der Waals surface area contributed by atoms with E-state index in [-0.39, 0.29) is 0 Å². The fraction of sp³-hybridized carbons (Fsp3) is 0.556. The Morgan fingerprint density at radius 3 is 3.07 bits per heavy atom. The lowest BCUT2D eigenvalue weighted by atomic mass is 10.2. The van der Waals surface area contributed by atoms with Crippen LogP contribution in [0.1, 0.15) is 20.3 Å². The molecule has 0 aliphatic carbocycles. The van der Waals surface area contributed by atoms with E-state index < -0.39 is 0 Å². The summed E-state index contributed by atoms with van der Waals surface area (Å²) in [6, 6.07) is 0. The number of hydrogen-bond acceptors (Lipinski definition) is 4. The monoisotopic (exact) mass is 193 g/mol. The second kappa shape index (κ2) is 3.32. The standard InChI is InChI=1S/C9H15N5/c1-3-4-13-5-7(2)6-14-9(13)11-8(10)12-14/h6H,3-5H2,1-2H3,(H2,10,12). The third-order valence-electron chi connectivity index (χ3n) is 2.19. The van der Waals surface area contributed by atoms with Gasteiger partial charge in [0.25, 0.3) is 0 Å². The van der Waals surface area contributed by atoms with Crippen molar-refractivity contribution >= 4 is 18.1 Å². The van der Waals surface area contributed by atoms with Crippen LogP contribution < -0.4 is 10.6 Å². The molecule has 0 fully saturated rings. The molecule has 0 spiro atoms. The first-order valence-corrected chi connectivity index (χ1v) is 4.85. The number of rotatable bonds is 2. The van der Waals surface area contributed by atoms with Crippen molar-refractivity contribution in [2.75, 3.05) is 23.7 Å². The number of anilines is 2. The Kier molecular flexibility index (Phi) is 2.15. The van der Waals surface area contributed by atoms with E-state index in [1.807, 2.05) is 6.20 Å². The molecule has 0 saturated heterocycles. The van der Waals surface area contributed by atoms with E-state index in [1.54, 1.807) is 4.68 Å². The first kappa shape index (κ1) is 9.05. The van der Waals surface area contributed by atoms with Crippen molar-refractivity contribution < 1.29 is 0 Å². The minimum absolute atomic E-state index is 0.340. The highest BCUT2D eigenvalue weighted by molar-refractivity contribution is 5.51. The van der Waals surface area contributed by atoms with Crippen LogP contribution in [0.3, 0.4) is 0 Å². The summed E-state index contributed by atoms with van der Waals surface area (Å²) in [7, 11) is 0. The molecular formula is C9H15N5. The van der Waals surface area contributed by atoms with Crippen molar-refractivity contribution in [3.63, 3.8) is 0 Å². The molecule has 2 N–H and O–H groups in total. The van der Waals surface area contributed by atoms with Crippen LogP contribution in [0.15, 0.2) is 5.57 Å². The molecular weight excluding hydrogens is 178 g/mol. The van der Waals surface area contributed by atoms with Gasteiger partial charge in [-0.25, -0.2) is 4.68 Å². The van der Waals surface area contributed by atoms with Gasteiger partial charge in [0.05, 0.1) is 0 Å². The molecule has 2 rings (SSSR count). The Balaban J connectivity index is 2.36. The zero-order valence-corrected chi connectivity index (χ0v) is 8.56. The normalized spacial score (nSPS) is 15.3. The van der Waals surface area contributed by atoms with E-state index in [0.717, 1.165) is 25.5 Å². The van der Waals surface area contributed by atoms with Crippen molar-refractivity contribution in [3.05, 3.63) is 5.57 Å². The first-order chi connectivity index (χ1) is 6.70. The summed E-state index contributed by atoms with van der Waals surface area (Å²) in [6.45, 7) is 6.15. The number of nitrogens with two attached hydrogens (primary N) is 1. The molecule has 14 heavy (non-hydrogen) atoms. The van der Waals surface area contributed by atoms with Crippen LogP contribution in [-0.2, 0) is 0 Å². The molecule has 0 amide bonds. The number of aromatic nitrogens is 3. The van der Waals surface area contributed by atoms with Crippen LogP contribution in [0, 0.1) is 0 Å². The van der Waals surface area contributed by atoms with Crippen LogP contribution in [-0.4, -0.2) is 27.9 Å². The average molecular weight is 193 g/mol. The maximum absolute atomic E-state index is 5.56. The van der Waals surface area contributed by atoms with E-state index in [2.05, 4.69) is 28.8 Å². The van der Waals surface area contributed by atoms with Gasteiger partial charge < -0.3 is 10.6 Å². The highest BCUT2D eigenvalue weighted by Gasteiger charge is 2.18. The average Bonchev–Trinajstić information content (AvgIpc) is 2.45. The highest BCUT2D eigenvalue weighted by atomic mass is 15.5. The third kappa shape index (κ3) is 1.45. The van der Waals surface area contributed by atoms with Crippen molar-refractivity contribution in [3.8, 4) is 0 Å². The molecule has 0 bridgehead atoms. The second-order valence-electron chi connectivity index (χ2n) is 3.61. The van der Waals surface area contributed by atoms with Gasteiger partial charge in [0.2, 0.25) is 11.9 Å². The zero-order valence-electron chi connectivity index (χ0n) is 8.56. The van der Waals surface area contributed by atoms with Crippen LogP contribution in [0.5, 0.6) is 0 Å². The molecule has 1 aliphatic heterocycles. The van der Waals surface area contributed by atoms with Gasteiger partial charge in [-0.05, 0) is 18.9 Å². The second-order valence-corrected chi connectivity index (χ2v) is 3.61. The van der Waals surface area contributed by atoms with Gasteiger partial charge >= 0.3 is 0 Å². The molecule has 1 aliphatic rings. The number of hydrogen-bond donors (Lipinski definition) is 1. The Labute approximate surface area is 83.2 Å². The summed E-state index contributed by atoms with van der Waals surface area (Å²) >= 11 is 0. The van der Waals surface area contributed by atoms with E-state index in [1.165, 1.54) is 5.57 Å². The van der Waals surface area contributed by atoms with Gasteiger partial charge in [-0.1, -0.05) is 6.92 Å². The molecule has 5 heteroatoms. The summed E-state index contributed by atoms with van der Waals surface area (Å²) < 4.78 is 1.75. The lowest BCUT2D eigenvalue weighted by molar-refractivity contribution is 0.733. The molecule has 0 saturated carbocycles. The molecule has 0 atom stereocenters. The lowest BCUT2D eigenvalue weighted by Crippen LogP contribution is -2.31. The fourth-order valence-corrected chi connectivity index (χ4v) is 1.70. The van der Waals surface area contributed by atoms with Gasteiger partial charge in [-0.15, -0.1) is 5.10 Å². The van der Waals surface area contributed by atoms with E-state index in [4.69, 9.17) is 5.73 Å². The smallest absolute Gasteiger partial charge is 0.241 e. The van der Waals surface area contributed by atoms with Crippen molar-refractivity contribution in [1.29, 1.82) is 0 Å². The molecule has 1 aromatic heterocycles. The minimum Gasteiger partial charge on any atom is -0.366 e. The van der Waals surface area contributed by atoms with Gasteiger partial charge in [-0.2, -0.15) is 4.98 Å². The predicted molar refractivity (Wildman–Crippen MR) is 56.9 cm³/mol. The van der Waals surface area contributed by atoms with Crippen LogP contribution in [0.25, 0.3) is 6.20 Å². The third-order valence-corrected chi connectivity index (χ3v) is 2.19. The summed E-state index contributed by atoms with van der Waals surface area (Å²) in [4.78, 5) is 6.39. The lowest BCUT2D eigenvalue weighted by Gasteiger charge is -2.26. The Morgan fingerprint density at radius 2 is 2.36 bits per heavy atom. The first-order valence-electron chi connectivity index (χ1n) is 4.85. The number of fused-ring (bicyclic) bond motifs is 1. The summed E-state index contributed by atoms with van der Waals surface area (Å²) in [5.41, 5.74) is 6.84. The Bertz CT molecular complexity index is 365. The molecule has 0 aromatic carbocycles. The van der Waals surface area contributed by atoms with E-state index >= 15 is 0 Å². The van der Waals surface area contributed by atoms with Gasteiger partial charge in [-0.3, -0.25) is 0 Å². The molecule has 5 nitrogen and oxygen atoms in total.